The zero-order valence-corrected chi connectivity index (χ0v) is 11.8. The summed E-state index contributed by atoms with van der Waals surface area (Å²) in [6, 6.07) is 2.10. The van der Waals surface area contributed by atoms with Crippen LogP contribution in [0, 0.1) is 6.92 Å². The normalized spacial score (nSPS) is 13.5. The number of hydrogen-bond acceptors (Lipinski definition) is 4. The molecule has 0 saturated heterocycles. The SMILES string of the molecule is Cc1cnc(N(C)C(C)CC(N)=NO)c(Br)c1. The van der Waals surface area contributed by atoms with Crippen LogP contribution in [-0.2, 0) is 0 Å². The second kappa shape index (κ2) is 5.86. The van der Waals surface area contributed by atoms with Gasteiger partial charge in [-0.15, -0.1) is 0 Å². The van der Waals surface area contributed by atoms with E-state index in [1.54, 1.807) is 0 Å². The molecule has 5 nitrogen and oxygen atoms in total. The molecule has 1 aromatic heterocycles. The number of anilines is 1. The minimum Gasteiger partial charge on any atom is -0.409 e. The molecule has 1 aromatic rings. The second-order valence-corrected chi connectivity index (χ2v) is 4.93. The third-order valence-corrected chi connectivity index (χ3v) is 3.17. The Morgan fingerprint density at radius 2 is 2.35 bits per heavy atom. The Labute approximate surface area is 109 Å². The summed E-state index contributed by atoms with van der Waals surface area (Å²) in [7, 11) is 1.93. The number of nitrogens with two attached hydrogens (primary N) is 1. The lowest BCUT2D eigenvalue weighted by Gasteiger charge is -2.26. The first kappa shape index (κ1) is 13.8. The van der Waals surface area contributed by atoms with E-state index in [1.165, 1.54) is 0 Å². The van der Waals surface area contributed by atoms with Crippen molar-refractivity contribution in [1.29, 1.82) is 0 Å². The van der Waals surface area contributed by atoms with Gasteiger partial charge in [-0.1, -0.05) is 5.16 Å². The molecule has 17 heavy (non-hydrogen) atoms. The van der Waals surface area contributed by atoms with Crippen molar-refractivity contribution >= 4 is 27.6 Å². The summed E-state index contributed by atoms with van der Waals surface area (Å²) >= 11 is 3.48. The summed E-state index contributed by atoms with van der Waals surface area (Å²) in [6.07, 6.45) is 2.29. The monoisotopic (exact) mass is 300 g/mol. The van der Waals surface area contributed by atoms with Crippen molar-refractivity contribution in [2.75, 3.05) is 11.9 Å². The fraction of sp³-hybridized carbons (Fsp3) is 0.455. The van der Waals surface area contributed by atoms with Gasteiger partial charge in [-0.05, 0) is 41.4 Å². The van der Waals surface area contributed by atoms with Crippen LogP contribution >= 0.6 is 15.9 Å². The number of hydrogen-bond donors (Lipinski definition) is 2. The maximum atomic E-state index is 8.55. The number of oxime groups is 1. The van der Waals surface area contributed by atoms with Gasteiger partial charge in [-0.25, -0.2) is 4.98 Å². The molecule has 94 valence electrons. The van der Waals surface area contributed by atoms with E-state index in [0.29, 0.717) is 6.42 Å². The third kappa shape index (κ3) is 3.59. The van der Waals surface area contributed by atoms with Crippen molar-refractivity contribution in [2.24, 2.45) is 10.9 Å². The van der Waals surface area contributed by atoms with E-state index >= 15 is 0 Å². The highest BCUT2D eigenvalue weighted by atomic mass is 79.9. The van der Waals surface area contributed by atoms with Crippen molar-refractivity contribution < 1.29 is 5.21 Å². The van der Waals surface area contributed by atoms with Gasteiger partial charge in [0.25, 0.3) is 0 Å². The molecule has 0 spiro atoms. The zero-order valence-electron chi connectivity index (χ0n) is 10.2. The fourth-order valence-corrected chi connectivity index (χ4v) is 2.22. The molecule has 0 amide bonds. The maximum Gasteiger partial charge on any atom is 0.142 e. The van der Waals surface area contributed by atoms with E-state index in [-0.39, 0.29) is 11.9 Å². The number of rotatable bonds is 4. The molecule has 6 heteroatoms. The Morgan fingerprint density at radius 1 is 1.71 bits per heavy atom. The van der Waals surface area contributed by atoms with Gasteiger partial charge in [-0.2, -0.15) is 0 Å². The summed E-state index contributed by atoms with van der Waals surface area (Å²) in [5, 5.41) is 11.5. The van der Waals surface area contributed by atoms with E-state index in [4.69, 9.17) is 10.9 Å². The maximum absolute atomic E-state index is 8.55. The first-order valence-electron chi connectivity index (χ1n) is 5.27. The minimum atomic E-state index is 0.0948. The first-order valence-corrected chi connectivity index (χ1v) is 6.06. The van der Waals surface area contributed by atoms with Crippen LogP contribution in [-0.4, -0.2) is 29.1 Å². The molecule has 0 bridgehead atoms. The highest BCUT2D eigenvalue weighted by Gasteiger charge is 2.15. The Kier molecular flexibility index (Phi) is 4.74. The average Bonchev–Trinajstić information content (AvgIpc) is 2.28. The van der Waals surface area contributed by atoms with Crippen molar-refractivity contribution in [3.8, 4) is 0 Å². The second-order valence-electron chi connectivity index (χ2n) is 4.07. The van der Waals surface area contributed by atoms with E-state index in [0.717, 1.165) is 15.9 Å². The van der Waals surface area contributed by atoms with Crippen LogP contribution in [0.1, 0.15) is 18.9 Å². The minimum absolute atomic E-state index is 0.0948. The predicted octanol–water partition coefficient (Wildman–Crippen LogP) is 2.11. The van der Waals surface area contributed by atoms with Gasteiger partial charge < -0.3 is 15.8 Å². The van der Waals surface area contributed by atoms with Crippen molar-refractivity contribution in [3.05, 3.63) is 22.3 Å². The van der Waals surface area contributed by atoms with Crippen LogP contribution in [0.5, 0.6) is 0 Å². The Balaban J connectivity index is 2.85. The molecule has 0 aliphatic rings. The van der Waals surface area contributed by atoms with Crippen LogP contribution < -0.4 is 10.6 Å². The zero-order chi connectivity index (χ0) is 13.0. The summed E-state index contributed by atoms with van der Waals surface area (Å²) < 4.78 is 0.936. The number of aromatic nitrogens is 1. The van der Waals surface area contributed by atoms with Gasteiger partial charge in [0.1, 0.15) is 11.7 Å². The van der Waals surface area contributed by atoms with Gasteiger partial charge in [0, 0.05) is 25.7 Å². The quantitative estimate of drug-likeness (QED) is 0.386. The Bertz CT molecular complexity index is 422. The molecule has 0 aliphatic carbocycles. The molecular weight excluding hydrogens is 284 g/mol. The van der Waals surface area contributed by atoms with Crippen molar-refractivity contribution in [1.82, 2.24) is 4.98 Å². The standard InChI is InChI=1S/C11H17BrN4O/c1-7-4-9(12)11(14-6-7)16(3)8(2)5-10(13)15-17/h4,6,8,17H,5H2,1-3H3,(H2,13,15). The molecule has 1 rings (SSSR count). The lowest BCUT2D eigenvalue weighted by Crippen LogP contribution is -2.34. The average molecular weight is 301 g/mol. The third-order valence-electron chi connectivity index (χ3n) is 2.59. The fourth-order valence-electron chi connectivity index (χ4n) is 1.48. The van der Waals surface area contributed by atoms with Gasteiger partial charge >= 0.3 is 0 Å². The number of halogens is 1. The van der Waals surface area contributed by atoms with E-state index in [9.17, 15) is 0 Å². The Hall–Kier alpha value is -1.30. The molecule has 1 atom stereocenters. The molecule has 0 saturated carbocycles. The number of aryl methyl sites for hydroxylation is 1. The molecule has 0 fully saturated rings. The van der Waals surface area contributed by atoms with Crippen LogP contribution in [0.3, 0.4) is 0 Å². The Morgan fingerprint density at radius 3 is 2.88 bits per heavy atom. The molecule has 3 N–H and O–H groups in total. The van der Waals surface area contributed by atoms with Crippen molar-refractivity contribution in [2.45, 2.75) is 26.3 Å². The molecule has 1 unspecified atom stereocenters. The smallest absolute Gasteiger partial charge is 0.142 e. The van der Waals surface area contributed by atoms with Gasteiger partial charge in [0.2, 0.25) is 0 Å². The summed E-state index contributed by atoms with van der Waals surface area (Å²) in [5.74, 6) is 1.06. The lowest BCUT2D eigenvalue weighted by atomic mass is 10.2. The van der Waals surface area contributed by atoms with Gasteiger partial charge in [-0.3, -0.25) is 0 Å². The lowest BCUT2D eigenvalue weighted by molar-refractivity contribution is 0.316. The highest BCUT2D eigenvalue weighted by Crippen LogP contribution is 2.25. The summed E-state index contributed by atoms with van der Waals surface area (Å²) in [4.78, 5) is 6.36. The summed E-state index contributed by atoms with van der Waals surface area (Å²) in [6.45, 7) is 3.98. The molecule has 0 radical (unpaired) electrons. The molecule has 0 aliphatic heterocycles. The molecule has 0 aromatic carbocycles. The highest BCUT2D eigenvalue weighted by molar-refractivity contribution is 9.10. The van der Waals surface area contributed by atoms with E-state index in [2.05, 4.69) is 26.1 Å². The summed E-state index contributed by atoms with van der Waals surface area (Å²) in [5.41, 5.74) is 6.59. The van der Waals surface area contributed by atoms with Gasteiger partial charge in [0.05, 0.1) is 4.47 Å². The van der Waals surface area contributed by atoms with Crippen LogP contribution in [0.4, 0.5) is 5.82 Å². The van der Waals surface area contributed by atoms with E-state index < -0.39 is 0 Å². The van der Waals surface area contributed by atoms with Gasteiger partial charge in [0.15, 0.2) is 0 Å². The van der Waals surface area contributed by atoms with Crippen LogP contribution in [0.2, 0.25) is 0 Å². The number of pyridine rings is 1. The molecular formula is C11H17BrN4O. The number of nitrogens with zero attached hydrogens (tertiary/aromatic N) is 3. The first-order chi connectivity index (χ1) is 7.95. The topological polar surface area (TPSA) is 74.7 Å². The molecule has 1 heterocycles. The predicted molar refractivity (Wildman–Crippen MR) is 72.6 cm³/mol. The van der Waals surface area contributed by atoms with Crippen molar-refractivity contribution in [3.63, 3.8) is 0 Å². The largest absolute Gasteiger partial charge is 0.409 e. The van der Waals surface area contributed by atoms with Crippen LogP contribution in [0.15, 0.2) is 21.9 Å². The van der Waals surface area contributed by atoms with E-state index in [1.807, 2.05) is 38.1 Å². The van der Waals surface area contributed by atoms with Crippen LogP contribution in [0.25, 0.3) is 0 Å². The number of amidine groups is 1.